The molecule has 1 aliphatic carbocycles. The van der Waals surface area contributed by atoms with Crippen LogP contribution in [0.1, 0.15) is 46.5 Å². The third-order valence-corrected chi connectivity index (χ3v) is 6.44. The highest BCUT2D eigenvalue weighted by molar-refractivity contribution is 7.99. The van der Waals surface area contributed by atoms with Gasteiger partial charge in [0.25, 0.3) is 0 Å². The molecule has 2 N–H and O–H groups in total. The van der Waals surface area contributed by atoms with E-state index in [1.807, 2.05) is 24.0 Å². The molecule has 3 nitrogen and oxygen atoms in total. The Bertz CT molecular complexity index is 407. The predicted octanol–water partition coefficient (Wildman–Crippen LogP) is 3.75. The van der Waals surface area contributed by atoms with E-state index in [1.54, 1.807) is 6.33 Å². The van der Waals surface area contributed by atoms with Gasteiger partial charge in [-0.05, 0) is 49.1 Å². The van der Waals surface area contributed by atoms with Crippen LogP contribution in [0.5, 0.6) is 0 Å². The third-order valence-electron chi connectivity index (χ3n) is 5.07. The summed E-state index contributed by atoms with van der Waals surface area (Å²) in [6.07, 6.45) is 8.54. The summed E-state index contributed by atoms with van der Waals surface area (Å²) in [5, 5.41) is 1.68. The standard InChI is InChI=1S/C16H27N3S/c1-4-16(2,3)13-6-5-12(10-17)14(9-13)20-15-7-8-18-11-19-15/h7-8,11-14H,4-6,9-10,17H2,1-3H3. The molecule has 1 heterocycles. The maximum Gasteiger partial charge on any atom is 0.116 e. The molecular weight excluding hydrogens is 266 g/mol. The zero-order chi connectivity index (χ0) is 14.6. The second-order valence-corrected chi connectivity index (χ2v) is 7.81. The van der Waals surface area contributed by atoms with E-state index < -0.39 is 0 Å². The van der Waals surface area contributed by atoms with Crippen LogP contribution in [-0.4, -0.2) is 21.8 Å². The lowest BCUT2D eigenvalue weighted by molar-refractivity contribution is 0.134. The first-order valence-corrected chi connectivity index (χ1v) is 8.57. The topological polar surface area (TPSA) is 51.8 Å². The molecule has 0 radical (unpaired) electrons. The first-order chi connectivity index (χ1) is 9.56. The Morgan fingerprint density at radius 3 is 2.80 bits per heavy atom. The fourth-order valence-corrected chi connectivity index (χ4v) is 4.43. The molecule has 0 bridgehead atoms. The molecular formula is C16H27N3S. The highest BCUT2D eigenvalue weighted by atomic mass is 32.2. The molecule has 1 aliphatic rings. The van der Waals surface area contributed by atoms with Crippen LogP contribution >= 0.6 is 11.8 Å². The molecule has 2 rings (SSSR count). The summed E-state index contributed by atoms with van der Waals surface area (Å²) in [5.74, 6) is 1.42. The maximum absolute atomic E-state index is 5.99. The highest BCUT2D eigenvalue weighted by Gasteiger charge is 2.37. The Kier molecular flexibility index (Phi) is 5.44. The van der Waals surface area contributed by atoms with Crippen molar-refractivity contribution >= 4 is 11.8 Å². The quantitative estimate of drug-likeness (QED) is 0.840. The van der Waals surface area contributed by atoms with Crippen LogP contribution in [0, 0.1) is 17.3 Å². The molecule has 0 aromatic carbocycles. The molecule has 1 saturated carbocycles. The molecule has 0 amide bonds. The summed E-state index contributed by atoms with van der Waals surface area (Å²) in [7, 11) is 0. The molecule has 3 unspecified atom stereocenters. The van der Waals surface area contributed by atoms with Crippen LogP contribution in [-0.2, 0) is 0 Å². The van der Waals surface area contributed by atoms with Crippen LogP contribution in [0.4, 0.5) is 0 Å². The van der Waals surface area contributed by atoms with E-state index in [-0.39, 0.29) is 0 Å². The van der Waals surface area contributed by atoms with Crippen molar-refractivity contribution in [3.63, 3.8) is 0 Å². The maximum atomic E-state index is 5.99. The highest BCUT2D eigenvalue weighted by Crippen LogP contribution is 2.46. The molecule has 112 valence electrons. The van der Waals surface area contributed by atoms with Crippen molar-refractivity contribution in [3.8, 4) is 0 Å². The van der Waals surface area contributed by atoms with E-state index in [4.69, 9.17) is 5.73 Å². The van der Waals surface area contributed by atoms with E-state index in [0.29, 0.717) is 16.6 Å². The van der Waals surface area contributed by atoms with Crippen molar-refractivity contribution in [2.24, 2.45) is 23.0 Å². The predicted molar refractivity (Wildman–Crippen MR) is 85.6 cm³/mol. The van der Waals surface area contributed by atoms with Crippen LogP contribution in [0.3, 0.4) is 0 Å². The Balaban J connectivity index is 2.07. The Morgan fingerprint density at radius 1 is 1.40 bits per heavy atom. The normalized spacial score (nSPS) is 27.5. The van der Waals surface area contributed by atoms with Gasteiger partial charge in [-0.3, -0.25) is 0 Å². The summed E-state index contributed by atoms with van der Waals surface area (Å²) < 4.78 is 0. The van der Waals surface area contributed by atoms with Crippen LogP contribution in [0.25, 0.3) is 0 Å². The van der Waals surface area contributed by atoms with Crippen LogP contribution in [0.15, 0.2) is 23.6 Å². The summed E-state index contributed by atoms with van der Waals surface area (Å²) in [6.45, 7) is 7.92. The number of nitrogens with zero attached hydrogens (tertiary/aromatic N) is 2. The van der Waals surface area contributed by atoms with E-state index in [0.717, 1.165) is 17.5 Å². The van der Waals surface area contributed by atoms with E-state index in [9.17, 15) is 0 Å². The van der Waals surface area contributed by atoms with Gasteiger partial charge in [0.2, 0.25) is 0 Å². The summed E-state index contributed by atoms with van der Waals surface area (Å²) in [4.78, 5) is 8.36. The van der Waals surface area contributed by atoms with Gasteiger partial charge in [0.05, 0.1) is 5.03 Å². The molecule has 1 aromatic heterocycles. The van der Waals surface area contributed by atoms with Crippen molar-refractivity contribution in [1.29, 1.82) is 0 Å². The van der Waals surface area contributed by atoms with Gasteiger partial charge in [-0.15, -0.1) is 11.8 Å². The lowest BCUT2D eigenvalue weighted by Gasteiger charge is -2.42. The molecule has 0 aliphatic heterocycles. The zero-order valence-electron chi connectivity index (χ0n) is 12.9. The summed E-state index contributed by atoms with van der Waals surface area (Å²) >= 11 is 1.90. The van der Waals surface area contributed by atoms with Crippen molar-refractivity contribution in [3.05, 3.63) is 18.6 Å². The van der Waals surface area contributed by atoms with Crippen molar-refractivity contribution in [1.82, 2.24) is 9.97 Å². The average Bonchev–Trinajstić information content (AvgIpc) is 2.48. The number of thioether (sulfide) groups is 1. The molecule has 3 atom stereocenters. The monoisotopic (exact) mass is 293 g/mol. The fourth-order valence-electron chi connectivity index (χ4n) is 3.11. The minimum atomic E-state index is 0.435. The van der Waals surface area contributed by atoms with Gasteiger partial charge < -0.3 is 5.73 Å². The van der Waals surface area contributed by atoms with E-state index >= 15 is 0 Å². The number of nitrogens with two attached hydrogens (primary N) is 1. The second-order valence-electron chi connectivity index (χ2n) is 6.55. The average molecular weight is 293 g/mol. The molecule has 0 saturated heterocycles. The lowest BCUT2D eigenvalue weighted by atomic mass is 9.67. The third kappa shape index (κ3) is 3.73. The summed E-state index contributed by atoms with van der Waals surface area (Å²) in [6, 6.07) is 2.01. The molecule has 4 heteroatoms. The fraction of sp³-hybridized carbons (Fsp3) is 0.750. The summed E-state index contributed by atoms with van der Waals surface area (Å²) in [5.41, 5.74) is 6.42. The van der Waals surface area contributed by atoms with Crippen LogP contribution in [0.2, 0.25) is 0 Å². The Labute approximate surface area is 127 Å². The van der Waals surface area contributed by atoms with E-state index in [2.05, 4.69) is 30.7 Å². The van der Waals surface area contributed by atoms with Crippen LogP contribution < -0.4 is 5.73 Å². The first-order valence-electron chi connectivity index (χ1n) is 7.69. The molecule has 1 fully saturated rings. The molecule has 0 spiro atoms. The largest absolute Gasteiger partial charge is 0.330 e. The first kappa shape index (κ1) is 15.8. The lowest BCUT2D eigenvalue weighted by Crippen LogP contribution is -2.37. The van der Waals surface area contributed by atoms with Crippen molar-refractivity contribution < 1.29 is 0 Å². The minimum Gasteiger partial charge on any atom is -0.330 e. The van der Waals surface area contributed by atoms with Gasteiger partial charge in [-0.2, -0.15) is 0 Å². The van der Waals surface area contributed by atoms with Gasteiger partial charge in [-0.25, -0.2) is 9.97 Å². The molecule has 1 aromatic rings. The number of rotatable bonds is 5. The van der Waals surface area contributed by atoms with E-state index in [1.165, 1.54) is 25.7 Å². The molecule has 20 heavy (non-hydrogen) atoms. The smallest absolute Gasteiger partial charge is 0.116 e. The number of hydrogen-bond donors (Lipinski definition) is 1. The minimum absolute atomic E-state index is 0.435. The Morgan fingerprint density at radius 2 is 2.20 bits per heavy atom. The second kappa shape index (κ2) is 6.90. The van der Waals surface area contributed by atoms with Gasteiger partial charge >= 0.3 is 0 Å². The number of hydrogen-bond acceptors (Lipinski definition) is 4. The number of aromatic nitrogens is 2. The SMILES string of the molecule is CCC(C)(C)C1CCC(CN)C(Sc2ccncn2)C1. The zero-order valence-corrected chi connectivity index (χ0v) is 13.7. The van der Waals surface area contributed by atoms with Gasteiger partial charge in [0, 0.05) is 11.4 Å². The van der Waals surface area contributed by atoms with Gasteiger partial charge in [-0.1, -0.05) is 27.2 Å². The van der Waals surface area contributed by atoms with Gasteiger partial charge in [0.1, 0.15) is 6.33 Å². The van der Waals surface area contributed by atoms with Crippen molar-refractivity contribution in [2.45, 2.75) is 56.7 Å². The van der Waals surface area contributed by atoms with Crippen molar-refractivity contribution in [2.75, 3.05) is 6.54 Å². The Hall–Kier alpha value is -0.610. The van der Waals surface area contributed by atoms with Gasteiger partial charge in [0.15, 0.2) is 0 Å².